The number of nitrogens with one attached hydrogen (secondary N) is 1. The number of hydrogen-bond acceptors (Lipinski definition) is 4. The molecular weight excluding hydrogens is 200 g/mol. The van der Waals surface area contributed by atoms with E-state index in [1.54, 1.807) is 19.9 Å². The predicted octanol–water partition coefficient (Wildman–Crippen LogP) is 0.0431. The topological polar surface area (TPSA) is 94.6 Å². The Morgan fingerprint density at radius 1 is 1.53 bits per heavy atom. The van der Waals surface area contributed by atoms with Crippen molar-refractivity contribution in [3.8, 4) is 0 Å². The lowest BCUT2D eigenvalue weighted by Gasteiger charge is -2.02. The Balaban J connectivity index is 2.54. The molecule has 0 saturated heterocycles. The largest absolute Gasteiger partial charge is 0.466 e. The maximum Gasteiger partial charge on any atom is 0.278 e. The van der Waals surface area contributed by atoms with Gasteiger partial charge in [-0.05, 0) is 19.9 Å². The molecule has 0 aliphatic heterocycles. The van der Waals surface area contributed by atoms with Crippen molar-refractivity contribution in [1.29, 1.82) is 0 Å². The van der Waals surface area contributed by atoms with Gasteiger partial charge in [-0.1, -0.05) is 0 Å². The average Bonchev–Trinajstić information content (AvgIpc) is 2.44. The Bertz CT molecular complexity index is 383. The zero-order valence-corrected chi connectivity index (χ0v) is 8.49. The SMILES string of the molecule is Cc1cc(C(=O)NOCC(N)=O)c(C)o1. The molecule has 0 saturated carbocycles. The second kappa shape index (κ2) is 4.61. The van der Waals surface area contributed by atoms with E-state index in [0.717, 1.165) is 0 Å². The van der Waals surface area contributed by atoms with Gasteiger partial charge in [-0.25, -0.2) is 5.48 Å². The van der Waals surface area contributed by atoms with E-state index < -0.39 is 11.8 Å². The molecule has 0 spiro atoms. The molecule has 15 heavy (non-hydrogen) atoms. The second-order valence-corrected chi connectivity index (χ2v) is 3.01. The zero-order valence-electron chi connectivity index (χ0n) is 8.49. The number of nitrogens with two attached hydrogens (primary N) is 1. The summed E-state index contributed by atoms with van der Waals surface area (Å²) in [6, 6.07) is 1.58. The van der Waals surface area contributed by atoms with Crippen LogP contribution in [0.2, 0.25) is 0 Å². The van der Waals surface area contributed by atoms with Crippen LogP contribution >= 0.6 is 0 Å². The summed E-state index contributed by atoms with van der Waals surface area (Å²) < 4.78 is 5.16. The third kappa shape index (κ3) is 3.10. The Kier molecular flexibility index (Phi) is 3.46. The minimum Gasteiger partial charge on any atom is -0.466 e. The molecule has 6 nitrogen and oxygen atoms in total. The summed E-state index contributed by atoms with van der Waals surface area (Å²) in [6.07, 6.45) is 0. The number of furan rings is 1. The van der Waals surface area contributed by atoms with E-state index >= 15 is 0 Å². The third-order valence-corrected chi connectivity index (χ3v) is 1.66. The number of carbonyl (C=O) groups is 2. The fourth-order valence-electron chi connectivity index (χ4n) is 1.08. The number of aryl methyl sites for hydroxylation is 2. The van der Waals surface area contributed by atoms with Gasteiger partial charge < -0.3 is 10.2 Å². The van der Waals surface area contributed by atoms with E-state index in [-0.39, 0.29) is 6.61 Å². The van der Waals surface area contributed by atoms with E-state index in [4.69, 9.17) is 10.2 Å². The lowest BCUT2D eigenvalue weighted by molar-refractivity contribution is -0.124. The Hall–Kier alpha value is -1.82. The van der Waals surface area contributed by atoms with Crippen LogP contribution in [-0.4, -0.2) is 18.4 Å². The lowest BCUT2D eigenvalue weighted by Crippen LogP contribution is -2.29. The van der Waals surface area contributed by atoms with Crippen molar-refractivity contribution in [2.24, 2.45) is 5.73 Å². The van der Waals surface area contributed by atoms with Crippen molar-refractivity contribution in [2.45, 2.75) is 13.8 Å². The zero-order chi connectivity index (χ0) is 11.4. The van der Waals surface area contributed by atoms with Gasteiger partial charge in [-0.15, -0.1) is 0 Å². The highest BCUT2D eigenvalue weighted by Gasteiger charge is 2.13. The molecule has 82 valence electrons. The minimum atomic E-state index is -0.657. The normalized spacial score (nSPS) is 10.0. The van der Waals surface area contributed by atoms with Crippen molar-refractivity contribution in [3.63, 3.8) is 0 Å². The van der Waals surface area contributed by atoms with Crippen LogP contribution in [0.1, 0.15) is 21.9 Å². The number of primary amides is 1. The third-order valence-electron chi connectivity index (χ3n) is 1.66. The van der Waals surface area contributed by atoms with Crippen molar-refractivity contribution < 1.29 is 18.8 Å². The summed E-state index contributed by atoms with van der Waals surface area (Å²) in [6.45, 7) is 3.03. The smallest absolute Gasteiger partial charge is 0.278 e. The fraction of sp³-hybridized carbons (Fsp3) is 0.333. The highest BCUT2D eigenvalue weighted by molar-refractivity contribution is 5.94. The maximum atomic E-state index is 11.4. The molecule has 0 fully saturated rings. The first-order valence-electron chi connectivity index (χ1n) is 4.28. The van der Waals surface area contributed by atoms with E-state index in [0.29, 0.717) is 17.1 Å². The summed E-state index contributed by atoms with van der Waals surface area (Å²) in [5.74, 6) is 0.00113. The van der Waals surface area contributed by atoms with Crippen LogP contribution in [0.4, 0.5) is 0 Å². The average molecular weight is 212 g/mol. The van der Waals surface area contributed by atoms with Gasteiger partial charge in [0.2, 0.25) is 5.91 Å². The molecule has 1 heterocycles. The summed E-state index contributed by atoms with van der Waals surface area (Å²) in [7, 11) is 0. The van der Waals surface area contributed by atoms with Crippen molar-refractivity contribution in [2.75, 3.05) is 6.61 Å². The van der Waals surface area contributed by atoms with Gasteiger partial charge in [0.25, 0.3) is 5.91 Å². The van der Waals surface area contributed by atoms with E-state index in [2.05, 4.69) is 10.3 Å². The monoisotopic (exact) mass is 212 g/mol. The molecule has 0 atom stereocenters. The van der Waals surface area contributed by atoms with Crippen LogP contribution < -0.4 is 11.2 Å². The molecule has 1 rings (SSSR count). The first kappa shape index (κ1) is 11.3. The predicted molar refractivity (Wildman–Crippen MR) is 50.8 cm³/mol. The van der Waals surface area contributed by atoms with Gasteiger partial charge >= 0.3 is 0 Å². The van der Waals surface area contributed by atoms with Crippen LogP contribution in [0.5, 0.6) is 0 Å². The number of amides is 2. The first-order valence-corrected chi connectivity index (χ1v) is 4.28. The van der Waals surface area contributed by atoms with Gasteiger partial charge in [0.05, 0.1) is 5.56 Å². The van der Waals surface area contributed by atoms with Crippen molar-refractivity contribution in [3.05, 3.63) is 23.2 Å². The highest BCUT2D eigenvalue weighted by atomic mass is 16.7. The van der Waals surface area contributed by atoms with E-state index in [9.17, 15) is 9.59 Å². The minimum absolute atomic E-state index is 0.360. The van der Waals surface area contributed by atoms with E-state index in [1.807, 2.05) is 0 Å². The molecule has 1 aromatic heterocycles. The molecule has 0 aliphatic carbocycles. The van der Waals surface area contributed by atoms with Crippen LogP contribution in [0.15, 0.2) is 10.5 Å². The summed E-state index contributed by atoms with van der Waals surface area (Å²) >= 11 is 0. The van der Waals surface area contributed by atoms with Crippen molar-refractivity contribution >= 4 is 11.8 Å². The van der Waals surface area contributed by atoms with Crippen LogP contribution in [-0.2, 0) is 9.63 Å². The number of hydroxylamine groups is 1. The molecule has 0 aromatic carbocycles. The Morgan fingerprint density at radius 2 is 2.20 bits per heavy atom. The molecule has 0 bridgehead atoms. The molecule has 6 heteroatoms. The van der Waals surface area contributed by atoms with Crippen LogP contribution in [0, 0.1) is 13.8 Å². The first-order chi connectivity index (χ1) is 7.00. The van der Waals surface area contributed by atoms with Gasteiger partial charge in [-0.2, -0.15) is 0 Å². The molecule has 2 amide bonds. The summed E-state index contributed by atoms with van der Waals surface area (Å²) in [4.78, 5) is 26.3. The lowest BCUT2D eigenvalue weighted by atomic mass is 10.2. The molecule has 3 N–H and O–H groups in total. The van der Waals surface area contributed by atoms with Gasteiger partial charge in [0.1, 0.15) is 11.5 Å². The quantitative estimate of drug-likeness (QED) is 0.689. The standard InChI is InChI=1S/C9H12N2O4/c1-5-3-7(6(2)15-5)9(13)11-14-4-8(10)12/h3H,4H2,1-2H3,(H2,10,12)(H,11,13). The molecule has 1 aromatic rings. The molecule has 0 radical (unpaired) electrons. The number of hydrogen-bond donors (Lipinski definition) is 2. The van der Waals surface area contributed by atoms with Gasteiger partial charge in [0, 0.05) is 0 Å². The Labute approximate surface area is 86.3 Å². The molecule has 0 unspecified atom stereocenters. The summed E-state index contributed by atoms with van der Waals surface area (Å²) in [5.41, 5.74) is 7.27. The Morgan fingerprint density at radius 3 is 2.67 bits per heavy atom. The molecule has 0 aliphatic rings. The van der Waals surface area contributed by atoms with Crippen LogP contribution in [0.3, 0.4) is 0 Å². The number of carbonyl (C=O) groups excluding carboxylic acids is 2. The fourth-order valence-corrected chi connectivity index (χ4v) is 1.08. The molecular formula is C9H12N2O4. The highest BCUT2D eigenvalue weighted by Crippen LogP contribution is 2.12. The number of rotatable bonds is 4. The summed E-state index contributed by atoms with van der Waals surface area (Å²) in [5, 5.41) is 0. The second-order valence-electron chi connectivity index (χ2n) is 3.01. The van der Waals surface area contributed by atoms with Gasteiger partial charge in [0.15, 0.2) is 6.61 Å². The maximum absolute atomic E-state index is 11.4. The van der Waals surface area contributed by atoms with Crippen molar-refractivity contribution in [1.82, 2.24) is 5.48 Å². The van der Waals surface area contributed by atoms with Gasteiger partial charge in [-0.3, -0.25) is 14.4 Å². The van der Waals surface area contributed by atoms with E-state index in [1.165, 1.54) is 0 Å². The van der Waals surface area contributed by atoms with Crippen LogP contribution in [0.25, 0.3) is 0 Å².